The first-order chi connectivity index (χ1) is 12.1. The molecule has 1 fully saturated rings. The first-order valence-corrected chi connectivity index (χ1v) is 9.15. The topological polar surface area (TPSA) is 69.7 Å². The van der Waals surface area contributed by atoms with E-state index in [1.165, 1.54) is 0 Å². The lowest BCUT2D eigenvalue weighted by molar-refractivity contribution is -0.143. The fourth-order valence-corrected chi connectivity index (χ4v) is 3.26. The molecule has 1 heterocycles. The lowest BCUT2D eigenvalue weighted by Crippen LogP contribution is -2.45. The Balaban J connectivity index is 2.06. The molecule has 6 nitrogen and oxygen atoms in total. The smallest absolute Gasteiger partial charge is 0.256 e. The van der Waals surface area contributed by atoms with Crippen molar-refractivity contribution in [2.75, 3.05) is 32.2 Å². The molecule has 6 heteroatoms. The highest BCUT2D eigenvalue weighted by molar-refractivity contribution is 5.97. The summed E-state index contributed by atoms with van der Waals surface area (Å²) in [5, 5.41) is 2.99. The van der Waals surface area contributed by atoms with E-state index in [1.807, 2.05) is 19.9 Å². The maximum Gasteiger partial charge on any atom is 0.256 e. The van der Waals surface area contributed by atoms with Gasteiger partial charge in [0.1, 0.15) is 12.2 Å². The monoisotopic (exact) mass is 350 g/mol. The number of hydrogen-bond acceptors (Lipinski definition) is 5. The number of carbonyl (C=O) groups is 1. The van der Waals surface area contributed by atoms with Crippen LogP contribution in [0, 0.1) is 6.92 Å². The second-order valence-electron chi connectivity index (χ2n) is 6.48. The standard InChI is InChI=1S/C19H30N2O4/c1-4-25-19(9-7-5-6-8-10-19)18(22)21-16-13-15(2)17(20-14-16)24-12-11-23-3/h13-14H,4-12H2,1-3H3,(H,21,22). The molecule has 0 unspecified atom stereocenters. The van der Waals surface area contributed by atoms with Crippen LogP contribution in [0.5, 0.6) is 5.88 Å². The molecule has 25 heavy (non-hydrogen) atoms. The number of hydrogen-bond donors (Lipinski definition) is 1. The lowest BCUT2D eigenvalue weighted by atomic mass is 9.93. The highest BCUT2D eigenvalue weighted by Gasteiger charge is 2.39. The highest BCUT2D eigenvalue weighted by Crippen LogP contribution is 2.32. The Labute approximate surface area is 150 Å². The third-order valence-electron chi connectivity index (χ3n) is 4.56. The molecule has 1 aromatic heterocycles. The van der Waals surface area contributed by atoms with Crippen molar-refractivity contribution in [2.24, 2.45) is 0 Å². The number of ether oxygens (including phenoxy) is 3. The molecule has 0 atom stereocenters. The summed E-state index contributed by atoms with van der Waals surface area (Å²) in [5.41, 5.74) is 0.831. The van der Waals surface area contributed by atoms with Crippen LogP contribution in [0.25, 0.3) is 0 Å². The van der Waals surface area contributed by atoms with Crippen LogP contribution in [0.3, 0.4) is 0 Å². The highest BCUT2D eigenvalue weighted by atomic mass is 16.5. The number of anilines is 1. The third-order valence-corrected chi connectivity index (χ3v) is 4.56. The fraction of sp³-hybridized carbons (Fsp3) is 0.684. The van der Waals surface area contributed by atoms with E-state index >= 15 is 0 Å². The van der Waals surface area contributed by atoms with E-state index in [2.05, 4.69) is 10.3 Å². The van der Waals surface area contributed by atoms with Gasteiger partial charge in [0.15, 0.2) is 0 Å². The van der Waals surface area contributed by atoms with Gasteiger partial charge in [0.05, 0.1) is 18.5 Å². The van der Waals surface area contributed by atoms with Crippen molar-refractivity contribution in [1.82, 2.24) is 4.98 Å². The van der Waals surface area contributed by atoms with Crippen LogP contribution in [0.2, 0.25) is 0 Å². The number of rotatable bonds is 8. The molecule has 1 aromatic rings. The van der Waals surface area contributed by atoms with Crippen molar-refractivity contribution in [2.45, 2.75) is 58.0 Å². The Morgan fingerprint density at radius 3 is 2.56 bits per heavy atom. The molecule has 1 amide bonds. The van der Waals surface area contributed by atoms with E-state index in [4.69, 9.17) is 14.2 Å². The van der Waals surface area contributed by atoms with Crippen LogP contribution < -0.4 is 10.1 Å². The fourth-order valence-electron chi connectivity index (χ4n) is 3.26. The van der Waals surface area contributed by atoms with Gasteiger partial charge in [-0.05, 0) is 32.8 Å². The van der Waals surface area contributed by atoms with Crippen LogP contribution in [0.4, 0.5) is 5.69 Å². The summed E-state index contributed by atoms with van der Waals surface area (Å²) in [6.07, 6.45) is 7.55. The summed E-state index contributed by atoms with van der Waals surface area (Å²) in [4.78, 5) is 17.2. The van der Waals surface area contributed by atoms with Crippen molar-refractivity contribution in [3.63, 3.8) is 0 Å². The molecule has 0 radical (unpaired) electrons. The molecule has 140 valence electrons. The van der Waals surface area contributed by atoms with Gasteiger partial charge >= 0.3 is 0 Å². The van der Waals surface area contributed by atoms with Gasteiger partial charge in [-0.1, -0.05) is 25.7 Å². The molecular weight excluding hydrogens is 320 g/mol. The number of methoxy groups -OCH3 is 1. The first kappa shape index (κ1) is 19.7. The van der Waals surface area contributed by atoms with Crippen LogP contribution in [-0.4, -0.2) is 43.4 Å². The van der Waals surface area contributed by atoms with Crippen molar-refractivity contribution < 1.29 is 19.0 Å². The van der Waals surface area contributed by atoms with Gasteiger partial charge in [-0.3, -0.25) is 4.79 Å². The molecule has 0 aromatic carbocycles. The second kappa shape index (κ2) is 9.73. The Kier molecular flexibility index (Phi) is 7.65. The predicted molar refractivity (Wildman–Crippen MR) is 97.0 cm³/mol. The molecule has 0 spiro atoms. The normalized spacial score (nSPS) is 16.9. The summed E-state index contributed by atoms with van der Waals surface area (Å²) < 4.78 is 16.5. The number of pyridine rings is 1. The summed E-state index contributed by atoms with van der Waals surface area (Å²) in [6, 6.07) is 1.88. The average Bonchev–Trinajstić information content (AvgIpc) is 2.84. The Morgan fingerprint density at radius 2 is 1.96 bits per heavy atom. The molecule has 1 aliphatic carbocycles. The molecular formula is C19H30N2O4. The number of nitrogens with zero attached hydrogens (tertiary/aromatic N) is 1. The molecule has 1 aliphatic rings. The van der Waals surface area contributed by atoms with Crippen LogP contribution in [0.15, 0.2) is 12.3 Å². The van der Waals surface area contributed by atoms with Crippen molar-refractivity contribution in [3.8, 4) is 5.88 Å². The van der Waals surface area contributed by atoms with Crippen molar-refractivity contribution in [1.29, 1.82) is 0 Å². The minimum absolute atomic E-state index is 0.0644. The number of nitrogens with one attached hydrogen (secondary N) is 1. The SMILES string of the molecule is CCOC1(C(=O)Nc2cnc(OCCOC)c(C)c2)CCCCCC1. The summed E-state index contributed by atoms with van der Waals surface area (Å²) in [7, 11) is 1.63. The predicted octanol–water partition coefficient (Wildman–Crippen LogP) is 3.48. The van der Waals surface area contributed by atoms with Crippen molar-refractivity contribution in [3.05, 3.63) is 17.8 Å². The summed E-state index contributed by atoms with van der Waals surface area (Å²) >= 11 is 0. The van der Waals surface area contributed by atoms with Gasteiger partial charge in [-0.2, -0.15) is 0 Å². The van der Waals surface area contributed by atoms with Crippen LogP contribution in [0.1, 0.15) is 51.0 Å². The van der Waals surface area contributed by atoms with E-state index in [0.717, 1.165) is 44.1 Å². The summed E-state index contributed by atoms with van der Waals surface area (Å²) in [6.45, 7) is 5.35. The number of amides is 1. The summed E-state index contributed by atoms with van der Waals surface area (Å²) in [5.74, 6) is 0.495. The van der Waals surface area contributed by atoms with Gasteiger partial charge in [0.2, 0.25) is 5.88 Å². The molecule has 0 bridgehead atoms. The van der Waals surface area contributed by atoms with Gasteiger partial charge < -0.3 is 19.5 Å². The van der Waals surface area contributed by atoms with E-state index in [-0.39, 0.29) is 5.91 Å². The van der Waals surface area contributed by atoms with Crippen molar-refractivity contribution >= 4 is 11.6 Å². The molecule has 1 saturated carbocycles. The van der Waals surface area contributed by atoms with Gasteiger partial charge in [-0.15, -0.1) is 0 Å². The average molecular weight is 350 g/mol. The lowest BCUT2D eigenvalue weighted by Gasteiger charge is -2.31. The maximum absolute atomic E-state index is 12.9. The molecule has 1 N–H and O–H groups in total. The minimum Gasteiger partial charge on any atom is -0.475 e. The van der Waals surface area contributed by atoms with E-state index < -0.39 is 5.60 Å². The molecule has 0 aliphatic heterocycles. The number of aromatic nitrogens is 1. The maximum atomic E-state index is 12.9. The Bertz CT molecular complexity index is 554. The third kappa shape index (κ3) is 5.41. The molecule has 0 saturated heterocycles. The van der Waals surface area contributed by atoms with Gasteiger partial charge in [0, 0.05) is 19.3 Å². The van der Waals surface area contributed by atoms with Gasteiger partial charge in [0.25, 0.3) is 5.91 Å². The van der Waals surface area contributed by atoms with E-state index in [1.54, 1.807) is 13.3 Å². The minimum atomic E-state index is -0.715. The van der Waals surface area contributed by atoms with Crippen LogP contribution >= 0.6 is 0 Å². The van der Waals surface area contributed by atoms with E-state index in [0.29, 0.717) is 31.4 Å². The Morgan fingerprint density at radius 1 is 1.24 bits per heavy atom. The zero-order valence-electron chi connectivity index (χ0n) is 15.6. The number of aryl methyl sites for hydroxylation is 1. The number of carbonyl (C=O) groups excluding carboxylic acids is 1. The quantitative estimate of drug-likeness (QED) is 0.574. The Hall–Kier alpha value is -1.66. The van der Waals surface area contributed by atoms with Crippen LogP contribution in [-0.2, 0) is 14.3 Å². The molecule has 2 rings (SSSR count). The second-order valence-corrected chi connectivity index (χ2v) is 6.48. The zero-order chi connectivity index (χ0) is 18.1. The van der Waals surface area contributed by atoms with E-state index in [9.17, 15) is 4.79 Å². The largest absolute Gasteiger partial charge is 0.475 e. The van der Waals surface area contributed by atoms with Gasteiger partial charge in [-0.25, -0.2) is 4.98 Å². The first-order valence-electron chi connectivity index (χ1n) is 9.15. The zero-order valence-corrected chi connectivity index (χ0v) is 15.6.